The van der Waals surface area contributed by atoms with Crippen LogP contribution in [0.3, 0.4) is 0 Å². The number of aromatic nitrogens is 2. The first kappa shape index (κ1) is 22.3. The summed E-state index contributed by atoms with van der Waals surface area (Å²) in [6.45, 7) is 5.24. The van der Waals surface area contributed by atoms with Crippen LogP contribution in [-0.2, 0) is 19.0 Å². The Morgan fingerprint density at radius 2 is 1.71 bits per heavy atom. The Morgan fingerprint density at radius 3 is 2.26 bits per heavy atom. The third-order valence-electron chi connectivity index (χ3n) is 4.76. The predicted octanol–water partition coefficient (Wildman–Crippen LogP) is 5.46. The third-order valence-corrected chi connectivity index (χ3v) is 4.76. The molecule has 0 aliphatic carbocycles. The van der Waals surface area contributed by atoms with Gasteiger partial charge < -0.3 is 5.32 Å². The molecule has 3 rings (SSSR count). The highest BCUT2D eigenvalue weighted by atomic mass is 19.2. The van der Waals surface area contributed by atoms with Gasteiger partial charge in [0.15, 0.2) is 23.3 Å². The molecule has 3 aromatic rings. The average molecular weight is 436 g/mol. The van der Waals surface area contributed by atoms with Crippen molar-refractivity contribution in [2.75, 3.05) is 5.32 Å². The molecule has 1 aromatic heterocycles. The third kappa shape index (κ3) is 4.37. The van der Waals surface area contributed by atoms with Gasteiger partial charge in [0.25, 0.3) is 5.69 Å². The Bertz CT molecular complexity index is 1140. The van der Waals surface area contributed by atoms with E-state index >= 15 is 0 Å². The first-order chi connectivity index (χ1) is 14.4. The van der Waals surface area contributed by atoms with Crippen molar-refractivity contribution >= 4 is 11.4 Å². The Kier molecular flexibility index (Phi) is 5.75. The summed E-state index contributed by atoms with van der Waals surface area (Å²) in [5, 5.41) is 18.4. The maximum Gasteiger partial charge on any atom is 0.270 e. The largest absolute Gasteiger partial charge is 0.380 e. The van der Waals surface area contributed by atoms with Crippen molar-refractivity contribution in [3.63, 3.8) is 0 Å². The fraction of sp³-hybridized carbons (Fsp3) is 0.286. The zero-order valence-corrected chi connectivity index (χ0v) is 17.3. The summed E-state index contributed by atoms with van der Waals surface area (Å²) in [5.74, 6) is -6.05. The van der Waals surface area contributed by atoms with E-state index in [1.165, 1.54) is 18.2 Å². The molecule has 6 nitrogen and oxygen atoms in total. The standard InChI is InChI=1S/C21H20F4N4O2/c1-21(2,3)14-10-28(4)27-20(14)12-7-11(29(30)31)5-6-17(12)26-9-13-18(24)15(22)8-16(23)19(13)25/h5-8,10,26H,9H2,1-4H3. The lowest BCUT2D eigenvalue weighted by Crippen LogP contribution is -2.12. The minimum absolute atomic E-state index is 0.134. The number of halogens is 4. The molecule has 0 bridgehead atoms. The number of hydrogen-bond donors (Lipinski definition) is 1. The number of aryl methyl sites for hydroxylation is 1. The lowest BCUT2D eigenvalue weighted by molar-refractivity contribution is -0.384. The molecule has 0 spiro atoms. The predicted molar refractivity (Wildman–Crippen MR) is 108 cm³/mol. The SMILES string of the molecule is Cn1cc(C(C)(C)C)c(-c2cc([N+](=O)[O-])ccc2NCc2c(F)c(F)cc(F)c2F)n1. The number of nitro benzene ring substituents is 1. The van der Waals surface area contributed by atoms with Crippen molar-refractivity contribution in [2.24, 2.45) is 7.05 Å². The molecule has 0 saturated heterocycles. The van der Waals surface area contributed by atoms with Crippen LogP contribution in [0.4, 0.5) is 28.9 Å². The summed E-state index contributed by atoms with van der Waals surface area (Å²) in [4.78, 5) is 10.7. The topological polar surface area (TPSA) is 73.0 Å². The molecule has 0 radical (unpaired) electrons. The lowest BCUT2D eigenvalue weighted by atomic mass is 9.85. The molecule has 0 fully saturated rings. The van der Waals surface area contributed by atoms with Crippen molar-refractivity contribution in [2.45, 2.75) is 32.7 Å². The number of nitrogens with zero attached hydrogens (tertiary/aromatic N) is 3. The molecule has 1 N–H and O–H groups in total. The number of nitro groups is 1. The molecule has 31 heavy (non-hydrogen) atoms. The molecule has 0 unspecified atom stereocenters. The molecule has 1 heterocycles. The maximum atomic E-state index is 14.0. The van der Waals surface area contributed by atoms with Crippen LogP contribution in [0.1, 0.15) is 31.9 Å². The van der Waals surface area contributed by atoms with Crippen LogP contribution >= 0.6 is 0 Å². The van der Waals surface area contributed by atoms with Gasteiger partial charge in [-0.1, -0.05) is 20.8 Å². The Balaban J connectivity index is 2.11. The zero-order chi connectivity index (χ0) is 23.1. The van der Waals surface area contributed by atoms with Crippen LogP contribution in [0.2, 0.25) is 0 Å². The van der Waals surface area contributed by atoms with Crippen molar-refractivity contribution < 1.29 is 22.5 Å². The van der Waals surface area contributed by atoms with Crippen LogP contribution in [0.5, 0.6) is 0 Å². The number of nitrogens with one attached hydrogen (secondary N) is 1. The summed E-state index contributed by atoms with van der Waals surface area (Å²) in [6.07, 6.45) is 1.78. The van der Waals surface area contributed by atoms with Crippen LogP contribution in [0.15, 0.2) is 30.5 Å². The Morgan fingerprint density at radius 1 is 1.10 bits per heavy atom. The Hall–Kier alpha value is -3.43. The summed E-state index contributed by atoms with van der Waals surface area (Å²) < 4.78 is 56.7. The molecule has 164 valence electrons. The fourth-order valence-corrected chi connectivity index (χ4v) is 3.19. The van der Waals surface area contributed by atoms with Crippen molar-refractivity contribution in [1.82, 2.24) is 9.78 Å². The molecule has 0 aliphatic heterocycles. The van der Waals surface area contributed by atoms with Crippen LogP contribution in [0.25, 0.3) is 11.3 Å². The zero-order valence-electron chi connectivity index (χ0n) is 17.3. The minimum atomic E-state index is -1.51. The van der Waals surface area contributed by atoms with Gasteiger partial charge in [0.1, 0.15) is 0 Å². The molecule has 0 atom stereocenters. The number of benzene rings is 2. The van der Waals surface area contributed by atoms with Crippen molar-refractivity contribution in [3.05, 3.63) is 75.0 Å². The molecule has 10 heteroatoms. The van der Waals surface area contributed by atoms with Gasteiger partial charge in [-0.15, -0.1) is 0 Å². The lowest BCUT2D eigenvalue weighted by Gasteiger charge is -2.20. The number of anilines is 1. The number of rotatable bonds is 5. The van der Waals surface area contributed by atoms with Crippen LogP contribution in [0, 0.1) is 33.4 Å². The highest BCUT2D eigenvalue weighted by Crippen LogP contribution is 2.38. The second-order valence-corrected chi connectivity index (χ2v) is 8.10. The van der Waals surface area contributed by atoms with Crippen molar-refractivity contribution in [3.8, 4) is 11.3 Å². The molecule has 0 aliphatic rings. The first-order valence-electron chi connectivity index (χ1n) is 9.28. The molecule has 0 amide bonds. The van der Waals surface area contributed by atoms with E-state index < -0.39 is 40.3 Å². The molecular weight excluding hydrogens is 416 g/mol. The van der Waals surface area contributed by atoms with Gasteiger partial charge >= 0.3 is 0 Å². The second-order valence-electron chi connectivity index (χ2n) is 8.10. The van der Waals surface area contributed by atoms with Gasteiger partial charge in [0, 0.05) is 60.4 Å². The van der Waals surface area contributed by atoms with E-state index in [9.17, 15) is 27.7 Å². The highest BCUT2D eigenvalue weighted by molar-refractivity contribution is 5.80. The monoisotopic (exact) mass is 436 g/mol. The summed E-state index contributed by atoms with van der Waals surface area (Å²) in [7, 11) is 1.70. The normalized spacial score (nSPS) is 11.6. The van der Waals surface area contributed by atoms with E-state index in [-0.39, 0.29) is 22.9 Å². The van der Waals surface area contributed by atoms with Gasteiger partial charge in [-0.2, -0.15) is 5.10 Å². The summed E-state index contributed by atoms with van der Waals surface area (Å²) >= 11 is 0. The highest BCUT2D eigenvalue weighted by Gasteiger charge is 2.26. The van der Waals surface area contributed by atoms with Crippen LogP contribution < -0.4 is 5.32 Å². The molecular formula is C21H20F4N4O2. The maximum absolute atomic E-state index is 14.0. The summed E-state index contributed by atoms with van der Waals surface area (Å²) in [6, 6.07) is 4.00. The molecule has 0 saturated carbocycles. The van der Waals surface area contributed by atoms with E-state index in [1.54, 1.807) is 17.9 Å². The second kappa shape index (κ2) is 8.01. The Labute approximate surface area is 175 Å². The van der Waals surface area contributed by atoms with Gasteiger partial charge in [-0.05, 0) is 11.5 Å². The quantitative estimate of drug-likeness (QED) is 0.249. The van der Waals surface area contributed by atoms with E-state index in [1.807, 2.05) is 20.8 Å². The number of hydrogen-bond acceptors (Lipinski definition) is 4. The molecule has 2 aromatic carbocycles. The van der Waals surface area contributed by atoms with Gasteiger partial charge in [0.05, 0.1) is 10.6 Å². The average Bonchev–Trinajstić information content (AvgIpc) is 3.08. The summed E-state index contributed by atoms with van der Waals surface area (Å²) in [5.41, 5.74) is 0.408. The van der Waals surface area contributed by atoms with E-state index in [0.717, 1.165) is 5.56 Å². The fourth-order valence-electron chi connectivity index (χ4n) is 3.19. The van der Waals surface area contributed by atoms with E-state index in [0.29, 0.717) is 11.3 Å². The van der Waals surface area contributed by atoms with Gasteiger partial charge in [0.2, 0.25) is 0 Å². The van der Waals surface area contributed by atoms with E-state index in [2.05, 4.69) is 10.4 Å². The van der Waals surface area contributed by atoms with Gasteiger partial charge in [-0.3, -0.25) is 14.8 Å². The van der Waals surface area contributed by atoms with Gasteiger partial charge in [-0.25, -0.2) is 17.6 Å². The number of non-ortho nitro benzene ring substituents is 1. The van der Waals surface area contributed by atoms with Crippen LogP contribution in [-0.4, -0.2) is 14.7 Å². The van der Waals surface area contributed by atoms with E-state index in [4.69, 9.17) is 0 Å². The van der Waals surface area contributed by atoms with Crippen molar-refractivity contribution in [1.29, 1.82) is 0 Å². The smallest absolute Gasteiger partial charge is 0.270 e. The minimum Gasteiger partial charge on any atom is -0.380 e. The first-order valence-corrected chi connectivity index (χ1v) is 9.28.